The number of aromatic nitrogens is 2. The molecule has 0 saturated carbocycles. The van der Waals surface area contributed by atoms with Crippen molar-refractivity contribution in [2.24, 2.45) is 0 Å². The van der Waals surface area contributed by atoms with E-state index in [2.05, 4.69) is 15.3 Å². The second-order valence-electron chi connectivity index (χ2n) is 6.02. The summed E-state index contributed by atoms with van der Waals surface area (Å²) < 4.78 is 0. The average molecular weight is 326 g/mol. The molecule has 0 radical (unpaired) electrons. The first-order chi connectivity index (χ1) is 11.6. The number of rotatable bonds is 6. The number of H-pyrrole nitrogens is 1. The smallest absolute Gasteiger partial charge is 0.271 e. The summed E-state index contributed by atoms with van der Waals surface area (Å²) in [6.45, 7) is 3.92. The highest BCUT2D eigenvalue weighted by molar-refractivity contribution is 5.94. The quantitative estimate of drug-likeness (QED) is 0.798. The van der Waals surface area contributed by atoms with E-state index in [1.165, 1.54) is 0 Å². The average Bonchev–Trinajstić information content (AvgIpc) is 3.18. The Labute approximate surface area is 141 Å². The first-order valence-electron chi connectivity index (χ1n) is 8.33. The lowest BCUT2D eigenvalue weighted by atomic mass is 10.2. The molecule has 1 aromatic heterocycles. The highest BCUT2D eigenvalue weighted by Gasteiger charge is 2.19. The van der Waals surface area contributed by atoms with E-state index in [9.17, 15) is 9.59 Å². The molecule has 2 N–H and O–H groups in total. The Morgan fingerprint density at radius 1 is 1.33 bits per heavy atom. The van der Waals surface area contributed by atoms with Crippen molar-refractivity contribution in [2.75, 3.05) is 19.6 Å². The van der Waals surface area contributed by atoms with Gasteiger partial charge >= 0.3 is 0 Å². The molecule has 1 aromatic carbocycles. The molecule has 1 aliphatic rings. The van der Waals surface area contributed by atoms with Crippen molar-refractivity contribution in [3.05, 3.63) is 41.7 Å². The number of nitrogens with zero attached hydrogens (tertiary/aromatic N) is 2. The van der Waals surface area contributed by atoms with Crippen LogP contribution in [0.4, 0.5) is 0 Å². The molecule has 0 spiro atoms. The molecule has 6 heteroatoms. The fourth-order valence-electron chi connectivity index (χ4n) is 2.91. The van der Waals surface area contributed by atoms with Crippen LogP contribution in [0.1, 0.15) is 35.4 Å². The zero-order valence-corrected chi connectivity index (χ0v) is 13.8. The summed E-state index contributed by atoms with van der Waals surface area (Å²) in [6.07, 6.45) is 2.35. The molecule has 0 unspecified atom stereocenters. The van der Waals surface area contributed by atoms with Crippen LogP contribution in [0.25, 0.3) is 11.4 Å². The number of imidazole rings is 1. The third-order valence-corrected chi connectivity index (χ3v) is 4.21. The minimum Gasteiger partial charge on any atom is -0.351 e. The van der Waals surface area contributed by atoms with Gasteiger partial charge in [0, 0.05) is 37.3 Å². The third-order valence-electron chi connectivity index (χ3n) is 4.21. The van der Waals surface area contributed by atoms with E-state index in [1.54, 1.807) is 0 Å². The largest absolute Gasteiger partial charge is 0.351 e. The number of aromatic amines is 1. The number of hydrogen-bond donors (Lipinski definition) is 2. The van der Waals surface area contributed by atoms with Gasteiger partial charge in [0.25, 0.3) is 5.91 Å². The first kappa shape index (κ1) is 16.2. The fraction of sp³-hybridized carbons (Fsp3) is 0.389. The summed E-state index contributed by atoms with van der Waals surface area (Å²) in [5.74, 6) is 0.733. The Hall–Kier alpha value is -2.63. The Balaban J connectivity index is 1.53. The maximum atomic E-state index is 12.3. The van der Waals surface area contributed by atoms with Crippen LogP contribution in [0.2, 0.25) is 0 Å². The standard InChI is InChI=1S/C18H22N4O2/c1-13-16(21-17(20-13)14-7-3-2-4-8-14)18(24)19-10-6-12-22-11-5-9-15(22)23/h2-4,7-8H,5-6,9-12H2,1H3,(H,19,24)(H,20,21). The number of amides is 2. The van der Waals surface area contributed by atoms with E-state index in [4.69, 9.17) is 0 Å². The summed E-state index contributed by atoms with van der Waals surface area (Å²) in [5, 5.41) is 2.88. The molecular formula is C18H22N4O2. The molecule has 6 nitrogen and oxygen atoms in total. The molecule has 2 amide bonds. The van der Waals surface area contributed by atoms with Gasteiger partial charge in [-0.15, -0.1) is 0 Å². The van der Waals surface area contributed by atoms with Crippen molar-refractivity contribution in [3.63, 3.8) is 0 Å². The molecule has 2 heterocycles. The van der Waals surface area contributed by atoms with Crippen LogP contribution in [-0.2, 0) is 4.79 Å². The second-order valence-corrected chi connectivity index (χ2v) is 6.02. The third kappa shape index (κ3) is 3.64. The predicted molar refractivity (Wildman–Crippen MR) is 91.5 cm³/mol. The summed E-state index contributed by atoms with van der Waals surface area (Å²) in [5.41, 5.74) is 2.12. The molecule has 1 aliphatic heterocycles. The van der Waals surface area contributed by atoms with Gasteiger partial charge in [-0.2, -0.15) is 0 Å². The van der Waals surface area contributed by atoms with Crippen molar-refractivity contribution in [1.29, 1.82) is 0 Å². The van der Waals surface area contributed by atoms with Gasteiger partial charge in [0.05, 0.1) is 0 Å². The lowest BCUT2D eigenvalue weighted by Gasteiger charge is -2.15. The summed E-state index contributed by atoms with van der Waals surface area (Å²) >= 11 is 0. The van der Waals surface area contributed by atoms with Gasteiger partial charge in [0.2, 0.25) is 5.91 Å². The number of benzene rings is 1. The summed E-state index contributed by atoms with van der Waals surface area (Å²) in [4.78, 5) is 33.3. The fourth-order valence-corrected chi connectivity index (χ4v) is 2.91. The van der Waals surface area contributed by atoms with Crippen LogP contribution in [0.15, 0.2) is 30.3 Å². The van der Waals surface area contributed by atoms with Gasteiger partial charge in [-0.05, 0) is 19.8 Å². The van der Waals surface area contributed by atoms with Crippen molar-refractivity contribution in [2.45, 2.75) is 26.2 Å². The molecule has 1 fully saturated rings. The van der Waals surface area contributed by atoms with Crippen LogP contribution < -0.4 is 5.32 Å². The normalized spacial score (nSPS) is 14.2. The van der Waals surface area contributed by atoms with E-state index in [0.29, 0.717) is 31.0 Å². The Bertz CT molecular complexity index is 724. The number of nitrogens with one attached hydrogen (secondary N) is 2. The minimum atomic E-state index is -0.182. The Morgan fingerprint density at radius 3 is 2.83 bits per heavy atom. The number of likely N-dealkylation sites (tertiary alicyclic amines) is 1. The molecule has 24 heavy (non-hydrogen) atoms. The molecule has 3 rings (SSSR count). The van der Waals surface area contributed by atoms with E-state index in [0.717, 1.165) is 30.6 Å². The molecule has 126 valence electrons. The van der Waals surface area contributed by atoms with Gasteiger partial charge in [-0.25, -0.2) is 4.98 Å². The van der Waals surface area contributed by atoms with E-state index in [-0.39, 0.29) is 11.8 Å². The van der Waals surface area contributed by atoms with Crippen LogP contribution in [-0.4, -0.2) is 46.3 Å². The van der Waals surface area contributed by atoms with Crippen molar-refractivity contribution in [1.82, 2.24) is 20.2 Å². The number of carbonyl (C=O) groups is 2. The van der Waals surface area contributed by atoms with Crippen LogP contribution in [0.5, 0.6) is 0 Å². The number of aryl methyl sites for hydroxylation is 1. The van der Waals surface area contributed by atoms with Crippen LogP contribution in [0, 0.1) is 6.92 Å². The Kier molecular flexibility index (Phi) is 4.93. The molecule has 2 aromatic rings. The van der Waals surface area contributed by atoms with E-state index < -0.39 is 0 Å². The monoisotopic (exact) mass is 326 g/mol. The van der Waals surface area contributed by atoms with Crippen molar-refractivity contribution < 1.29 is 9.59 Å². The molecule has 0 bridgehead atoms. The van der Waals surface area contributed by atoms with Crippen LogP contribution in [0.3, 0.4) is 0 Å². The highest BCUT2D eigenvalue weighted by Crippen LogP contribution is 2.17. The number of hydrogen-bond acceptors (Lipinski definition) is 3. The highest BCUT2D eigenvalue weighted by atomic mass is 16.2. The molecule has 0 atom stereocenters. The predicted octanol–water partition coefficient (Wildman–Crippen LogP) is 2.13. The lowest BCUT2D eigenvalue weighted by molar-refractivity contribution is -0.127. The summed E-state index contributed by atoms with van der Waals surface area (Å²) in [7, 11) is 0. The maximum absolute atomic E-state index is 12.3. The minimum absolute atomic E-state index is 0.182. The maximum Gasteiger partial charge on any atom is 0.271 e. The first-order valence-corrected chi connectivity index (χ1v) is 8.33. The van der Waals surface area contributed by atoms with E-state index in [1.807, 2.05) is 42.2 Å². The zero-order valence-electron chi connectivity index (χ0n) is 13.8. The zero-order chi connectivity index (χ0) is 16.9. The molecule has 1 saturated heterocycles. The van der Waals surface area contributed by atoms with E-state index >= 15 is 0 Å². The van der Waals surface area contributed by atoms with Gasteiger partial charge in [0.1, 0.15) is 11.5 Å². The number of carbonyl (C=O) groups excluding carboxylic acids is 2. The van der Waals surface area contributed by atoms with Gasteiger partial charge in [0.15, 0.2) is 0 Å². The lowest BCUT2D eigenvalue weighted by Crippen LogP contribution is -2.31. The van der Waals surface area contributed by atoms with Crippen molar-refractivity contribution >= 4 is 11.8 Å². The van der Waals surface area contributed by atoms with Crippen LogP contribution >= 0.6 is 0 Å². The van der Waals surface area contributed by atoms with Crippen molar-refractivity contribution in [3.8, 4) is 11.4 Å². The van der Waals surface area contributed by atoms with Gasteiger partial charge in [-0.3, -0.25) is 9.59 Å². The van der Waals surface area contributed by atoms with Gasteiger partial charge < -0.3 is 15.2 Å². The topological polar surface area (TPSA) is 78.1 Å². The molecule has 0 aliphatic carbocycles. The SMILES string of the molecule is Cc1[nH]c(-c2ccccc2)nc1C(=O)NCCCN1CCCC1=O. The molecular weight excluding hydrogens is 304 g/mol. The summed E-state index contributed by atoms with van der Waals surface area (Å²) in [6, 6.07) is 9.72. The Morgan fingerprint density at radius 2 is 2.12 bits per heavy atom. The second kappa shape index (κ2) is 7.29. The van der Waals surface area contributed by atoms with Gasteiger partial charge in [-0.1, -0.05) is 30.3 Å².